The summed E-state index contributed by atoms with van der Waals surface area (Å²) >= 11 is 0. The van der Waals surface area contributed by atoms with E-state index >= 15 is 0 Å². The molecule has 2 aliphatic heterocycles. The van der Waals surface area contributed by atoms with E-state index in [0.717, 1.165) is 41.4 Å². The number of aryl methyl sites for hydroxylation is 1. The number of halogens is 1. The van der Waals surface area contributed by atoms with Gasteiger partial charge in [-0.25, -0.2) is 9.37 Å². The highest BCUT2D eigenvalue weighted by Crippen LogP contribution is 2.33. The van der Waals surface area contributed by atoms with Crippen molar-refractivity contribution in [2.24, 2.45) is 5.73 Å². The lowest BCUT2D eigenvalue weighted by Crippen LogP contribution is -2.37. The average Bonchev–Trinajstić information content (AvgIpc) is 3.19. The van der Waals surface area contributed by atoms with Crippen LogP contribution >= 0.6 is 0 Å². The number of ether oxygens (including phenoxy) is 1. The molecular formula is C23H29FN4O2. The van der Waals surface area contributed by atoms with Crippen LogP contribution in [0.2, 0.25) is 0 Å². The topological polar surface area (TPSA) is 71.7 Å². The summed E-state index contributed by atoms with van der Waals surface area (Å²) in [6.07, 6.45) is 0.0907. The number of anilines is 2. The molecule has 6 nitrogen and oxygen atoms in total. The first kappa shape index (κ1) is 20.6. The average molecular weight is 413 g/mol. The van der Waals surface area contributed by atoms with Crippen molar-refractivity contribution in [3.05, 3.63) is 53.1 Å². The van der Waals surface area contributed by atoms with Crippen LogP contribution in [0.25, 0.3) is 0 Å². The van der Waals surface area contributed by atoms with E-state index < -0.39 is 12.1 Å². The number of nitrogens with two attached hydrogens (primary N) is 1. The lowest BCUT2D eigenvalue weighted by molar-refractivity contribution is -0.119. The number of carbonyl (C=O) groups is 1. The van der Waals surface area contributed by atoms with Gasteiger partial charge >= 0.3 is 0 Å². The molecule has 3 heterocycles. The van der Waals surface area contributed by atoms with Crippen LogP contribution in [0.5, 0.6) is 0 Å². The van der Waals surface area contributed by atoms with E-state index in [9.17, 15) is 9.18 Å². The predicted molar refractivity (Wildman–Crippen MR) is 116 cm³/mol. The lowest BCUT2D eigenvalue weighted by Gasteiger charge is -2.31. The molecule has 4 rings (SSSR count). The van der Waals surface area contributed by atoms with Crippen molar-refractivity contribution < 1.29 is 13.9 Å². The summed E-state index contributed by atoms with van der Waals surface area (Å²) in [6, 6.07) is 11.7. The number of alkyl halides is 1. The zero-order valence-corrected chi connectivity index (χ0v) is 17.4. The number of nitrogens with zero attached hydrogens (tertiary/aromatic N) is 3. The third-order valence-corrected chi connectivity index (χ3v) is 5.95. The molecule has 0 saturated carbocycles. The number of rotatable bonds is 6. The van der Waals surface area contributed by atoms with Crippen molar-refractivity contribution in [1.29, 1.82) is 0 Å². The van der Waals surface area contributed by atoms with E-state index in [1.807, 2.05) is 42.2 Å². The summed E-state index contributed by atoms with van der Waals surface area (Å²) in [4.78, 5) is 21.5. The molecule has 30 heavy (non-hydrogen) atoms. The zero-order chi connectivity index (χ0) is 21.1. The number of aromatic nitrogens is 1. The van der Waals surface area contributed by atoms with E-state index in [2.05, 4.69) is 11.0 Å². The number of amides is 1. The van der Waals surface area contributed by atoms with E-state index in [1.54, 1.807) is 0 Å². The molecule has 1 aromatic heterocycles. The van der Waals surface area contributed by atoms with Gasteiger partial charge in [-0.2, -0.15) is 0 Å². The third-order valence-electron chi connectivity index (χ3n) is 5.95. The van der Waals surface area contributed by atoms with Gasteiger partial charge in [-0.1, -0.05) is 30.3 Å². The van der Waals surface area contributed by atoms with Crippen LogP contribution in [-0.4, -0.2) is 56.5 Å². The van der Waals surface area contributed by atoms with Crippen LogP contribution in [0.1, 0.15) is 29.0 Å². The number of primary amides is 1. The number of carbonyl (C=O) groups excluding carboxylic acids is 1. The van der Waals surface area contributed by atoms with Crippen molar-refractivity contribution in [3.8, 4) is 0 Å². The SMILES string of the molecule is Cc1cc(CC(C(N)=O)c2ccccc2)c(N2CCC(F)C2)nc1N1CCOCC1. The van der Waals surface area contributed by atoms with E-state index in [4.69, 9.17) is 15.5 Å². The summed E-state index contributed by atoms with van der Waals surface area (Å²) in [5, 5.41) is 0. The molecule has 0 spiro atoms. The Labute approximate surface area is 176 Å². The van der Waals surface area contributed by atoms with Crippen LogP contribution in [0.3, 0.4) is 0 Å². The Bertz CT molecular complexity index is 886. The fourth-order valence-electron chi connectivity index (χ4n) is 4.37. The van der Waals surface area contributed by atoms with Crippen molar-refractivity contribution in [2.45, 2.75) is 31.9 Å². The smallest absolute Gasteiger partial charge is 0.225 e. The largest absolute Gasteiger partial charge is 0.378 e. The first-order valence-electron chi connectivity index (χ1n) is 10.6. The van der Waals surface area contributed by atoms with Crippen LogP contribution in [0.4, 0.5) is 16.0 Å². The highest BCUT2D eigenvalue weighted by Gasteiger charge is 2.29. The normalized spacial score (nSPS) is 20.4. The maximum atomic E-state index is 14.0. The maximum absolute atomic E-state index is 14.0. The second-order valence-corrected chi connectivity index (χ2v) is 8.11. The van der Waals surface area contributed by atoms with E-state index in [0.29, 0.717) is 39.1 Å². The molecular weight excluding hydrogens is 383 g/mol. The fourth-order valence-corrected chi connectivity index (χ4v) is 4.37. The highest BCUT2D eigenvalue weighted by atomic mass is 19.1. The Morgan fingerprint density at radius 1 is 1.20 bits per heavy atom. The van der Waals surface area contributed by atoms with E-state index in [1.165, 1.54) is 0 Å². The molecule has 2 unspecified atom stereocenters. The Balaban J connectivity index is 1.71. The predicted octanol–water partition coefficient (Wildman–Crippen LogP) is 2.59. The summed E-state index contributed by atoms with van der Waals surface area (Å²) in [7, 11) is 0. The summed E-state index contributed by atoms with van der Waals surface area (Å²) in [5.41, 5.74) is 8.64. The summed E-state index contributed by atoms with van der Waals surface area (Å²) in [6.45, 7) is 5.91. The third kappa shape index (κ3) is 4.41. The van der Waals surface area contributed by atoms with Crippen molar-refractivity contribution in [3.63, 3.8) is 0 Å². The molecule has 2 aliphatic rings. The number of morpholine rings is 1. The Hall–Kier alpha value is -2.67. The molecule has 2 aromatic rings. The number of hydrogen-bond acceptors (Lipinski definition) is 5. The molecule has 2 saturated heterocycles. The fraction of sp³-hybridized carbons (Fsp3) is 0.478. The monoisotopic (exact) mass is 412 g/mol. The van der Waals surface area contributed by atoms with Gasteiger partial charge in [-0.3, -0.25) is 4.79 Å². The molecule has 1 amide bonds. The number of pyridine rings is 1. The van der Waals surface area contributed by atoms with Crippen LogP contribution in [0.15, 0.2) is 36.4 Å². The molecule has 2 atom stereocenters. The van der Waals surface area contributed by atoms with Gasteiger partial charge in [0.05, 0.1) is 25.7 Å². The zero-order valence-electron chi connectivity index (χ0n) is 17.4. The summed E-state index contributed by atoms with van der Waals surface area (Å²) < 4.78 is 19.5. The van der Waals surface area contributed by atoms with E-state index in [-0.39, 0.29) is 5.91 Å². The van der Waals surface area contributed by atoms with Gasteiger partial charge in [-0.05, 0) is 42.5 Å². The molecule has 2 N–H and O–H groups in total. The van der Waals surface area contributed by atoms with Gasteiger partial charge in [0.15, 0.2) is 0 Å². The van der Waals surface area contributed by atoms with Gasteiger partial charge in [0.2, 0.25) is 5.91 Å². The Morgan fingerprint density at radius 3 is 2.57 bits per heavy atom. The Morgan fingerprint density at radius 2 is 1.93 bits per heavy atom. The lowest BCUT2D eigenvalue weighted by atomic mass is 9.91. The molecule has 0 radical (unpaired) electrons. The van der Waals surface area contributed by atoms with Crippen molar-refractivity contribution >= 4 is 17.5 Å². The Kier molecular flexibility index (Phi) is 6.18. The molecule has 1 aromatic carbocycles. The standard InChI is InChI=1S/C23H29FN4O2/c1-16-13-18(14-20(21(25)29)17-5-3-2-4-6-17)23(28-8-7-19(24)15-28)26-22(16)27-9-11-30-12-10-27/h2-6,13,19-20H,7-12,14-15H2,1H3,(H2,25,29). The minimum absolute atomic E-state index is 0.332. The molecule has 160 valence electrons. The molecule has 2 fully saturated rings. The first-order valence-corrected chi connectivity index (χ1v) is 10.6. The van der Waals surface area contributed by atoms with Gasteiger partial charge in [-0.15, -0.1) is 0 Å². The summed E-state index contributed by atoms with van der Waals surface area (Å²) in [5.74, 6) is 0.857. The quantitative estimate of drug-likeness (QED) is 0.790. The minimum atomic E-state index is -0.853. The van der Waals surface area contributed by atoms with Gasteiger partial charge in [0.25, 0.3) is 0 Å². The number of hydrogen-bond donors (Lipinski definition) is 1. The van der Waals surface area contributed by atoms with Gasteiger partial charge < -0.3 is 20.3 Å². The second kappa shape index (κ2) is 9.00. The van der Waals surface area contributed by atoms with Crippen molar-refractivity contribution in [1.82, 2.24) is 4.98 Å². The van der Waals surface area contributed by atoms with Crippen LogP contribution < -0.4 is 15.5 Å². The first-order chi connectivity index (χ1) is 14.5. The van der Waals surface area contributed by atoms with Gasteiger partial charge in [0, 0.05) is 19.6 Å². The molecule has 0 bridgehead atoms. The molecule has 0 aliphatic carbocycles. The van der Waals surface area contributed by atoms with Crippen molar-refractivity contribution in [2.75, 3.05) is 49.2 Å². The van der Waals surface area contributed by atoms with Gasteiger partial charge in [0.1, 0.15) is 17.8 Å². The molecule has 7 heteroatoms. The second-order valence-electron chi connectivity index (χ2n) is 8.11. The van der Waals surface area contributed by atoms with Crippen LogP contribution in [0, 0.1) is 6.92 Å². The minimum Gasteiger partial charge on any atom is -0.378 e. The van der Waals surface area contributed by atoms with Crippen LogP contribution in [-0.2, 0) is 16.0 Å². The highest BCUT2D eigenvalue weighted by molar-refractivity contribution is 5.82. The number of benzene rings is 1. The maximum Gasteiger partial charge on any atom is 0.225 e.